The Morgan fingerprint density at radius 3 is 2.33 bits per heavy atom. The van der Waals surface area contributed by atoms with Crippen LogP contribution in [0.3, 0.4) is 0 Å². The van der Waals surface area contributed by atoms with Crippen molar-refractivity contribution in [1.29, 1.82) is 0 Å². The minimum atomic E-state index is -3.46. The molecule has 1 N–H and O–H groups in total. The van der Waals surface area contributed by atoms with E-state index in [1.807, 2.05) is 29.6 Å². The lowest BCUT2D eigenvalue weighted by Crippen LogP contribution is -2.33. The van der Waals surface area contributed by atoms with E-state index in [0.29, 0.717) is 5.56 Å². The molecule has 1 atom stereocenters. The first-order valence-electron chi connectivity index (χ1n) is 7.40. The molecule has 7 heteroatoms. The third-order valence-corrected chi connectivity index (χ3v) is 6.14. The maximum Gasteiger partial charge on any atom is 0.251 e. The van der Waals surface area contributed by atoms with Crippen LogP contribution in [-0.4, -0.2) is 38.2 Å². The number of benzene rings is 1. The van der Waals surface area contributed by atoms with E-state index in [1.54, 1.807) is 23.5 Å². The van der Waals surface area contributed by atoms with Gasteiger partial charge in [0.2, 0.25) is 0 Å². The van der Waals surface area contributed by atoms with Crippen molar-refractivity contribution in [2.75, 3.05) is 12.8 Å². The molecule has 2 aromatic rings. The minimum absolute atomic E-state index is 0.0766. The lowest BCUT2D eigenvalue weighted by molar-refractivity contribution is -0.116. The van der Waals surface area contributed by atoms with Gasteiger partial charge in [-0.25, -0.2) is 8.42 Å². The fourth-order valence-corrected chi connectivity index (χ4v) is 4.25. The molecule has 1 aromatic carbocycles. The second-order valence-corrected chi connectivity index (χ2v) is 8.70. The molecular weight excluding hydrogens is 346 g/mol. The quantitative estimate of drug-likeness (QED) is 0.818. The Kier molecular flexibility index (Phi) is 5.90. The average molecular weight is 365 g/mol. The Labute approximate surface area is 145 Å². The van der Waals surface area contributed by atoms with Gasteiger partial charge in [-0.2, -0.15) is 0 Å². The number of nitrogens with one attached hydrogen (secondary N) is 1. The molecule has 1 unspecified atom stereocenters. The SMILES string of the molecule is CC(=O)C(CCNC(=O)c1ccc(-c2cccs2)cc1)S(C)(=O)=O. The highest BCUT2D eigenvalue weighted by atomic mass is 32.2. The molecule has 24 heavy (non-hydrogen) atoms. The van der Waals surface area contributed by atoms with Crippen LogP contribution in [0.4, 0.5) is 0 Å². The van der Waals surface area contributed by atoms with Crippen molar-refractivity contribution in [1.82, 2.24) is 5.32 Å². The summed E-state index contributed by atoms with van der Waals surface area (Å²) < 4.78 is 23.1. The highest BCUT2D eigenvalue weighted by molar-refractivity contribution is 7.92. The van der Waals surface area contributed by atoms with Crippen molar-refractivity contribution in [3.8, 4) is 10.4 Å². The standard InChI is InChI=1S/C17H19NO4S2/c1-12(19)16(24(2,21)22)9-10-18-17(20)14-7-5-13(6-8-14)15-4-3-11-23-15/h3-8,11,16H,9-10H2,1-2H3,(H,18,20). The molecule has 0 aliphatic heterocycles. The van der Waals surface area contributed by atoms with Gasteiger partial charge < -0.3 is 5.32 Å². The van der Waals surface area contributed by atoms with E-state index in [4.69, 9.17) is 0 Å². The Bertz CT molecular complexity index is 809. The largest absolute Gasteiger partial charge is 0.352 e. The van der Waals surface area contributed by atoms with Crippen LogP contribution in [0.5, 0.6) is 0 Å². The molecule has 128 valence electrons. The van der Waals surface area contributed by atoms with E-state index in [2.05, 4.69) is 5.32 Å². The summed E-state index contributed by atoms with van der Waals surface area (Å²) in [5.41, 5.74) is 1.53. The van der Waals surface area contributed by atoms with Crippen LogP contribution in [0.15, 0.2) is 41.8 Å². The zero-order chi connectivity index (χ0) is 17.7. The van der Waals surface area contributed by atoms with Crippen molar-refractivity contribution >= 4 is 32.9 Å². The van der Waals surface area contributed by atoms with Gasteiger partial charge in [-0.3, -0.25) is 9.59 Å². The molecule has 2 rings (SSSR count). The number of amides is 1. The summed E-state index contributed by atoms with van der Waals surface area (Å²) in [4.78, 5) is 24.6. The Morgan fingerprint density at radius 2 is 1.83 bits per heavy atom. The highest BCUT2D eigenvalue weighted by Crippen LogP contribution is 2.24. The molecule has 0 saturated heterocycles. The molecule has 0 bridgehead atoms. The number of thiophene rings is 1. The molecular formula is C17H19NO4S2. The molecule has 0 radical (unpaired) electrons. The minimum Gasteiger partial charge on any atom is -0.352 e. The molecule has 0 spiro atoms. The molecule has 0 saturated carbocycles. The first-order valence-corrected chi connectivity index (χ1v) is 10.2. The van der Waals surface area contributed by atoms with Gasteiger partial charge in [0, 0.05) is 23.2 Å². The predicted molar refractivity (Wildman–Crippen MR) is 96.0 cm³/mol. The fourth-order valence-electron chi connectivity index (χ4n) is 2.37. The number of ketones is 1. The third-order valence-electron chi connectivity index (χ3n) is 3.62. The van der Waals surface area contributed by atoms with Gasteiger partial charge in [-0.05, 0) is 42.5 Å². The number of carbonyl (C=O) groups excluding carboxylic acids is 2. The van der Waals surface area contributed by atoms with Crippen molar-refractivity contribution in [3.05, 3.63) is 47.3 Å². The third kappa shape index (κ3) is 4.75. The molecule has 5 nitrogen and oxygen atoms in total. The van der Waals surface area contributed by atoms with E-state index in [-0.39, 0.29) is 18.9 Å². The van der Waals surface area contributed by atoms with Gasteiger partial charge in [0.05, 0.1) is 0 Å². The normalized spacial score (nSPS) is 12.6. The summed E-state index contributed by atoms with van der Waals surface area (Å²) >= 11 is 1.62. The van der Waals surface area contributed by atoms with Crippen molar-refractivity contribution in [3.63, 3.8) is 0 Å². The van der Waals surface area contributed by atoms with Crippen LogP contribution in [0.1, 0.15) is 23.7 Å². The lowest BCUT2D eigenvalue weighted by atomic mass is 10.1. The van der Waals surface area contributed by atoms with Crippen molar-refractivity contribution < 1.29 is 18.0 Å². The Balaban J connectivity index is 1.94. The van der Waals surface area contributed by atoms with Gasteiger partial charge in [-0.1, -0.05) is 18.2 Å². The Hall–Kier alpha value is -1.99. The zero-order valence-corrected chi connectivity index (χ0v) is 15.1. The van der Waals surface area contributed by atoms with E-state index in [1.165, 1.54) is 6.92 Å². The van der Waals surface area contributed by atoms with Crippen LogP contribution in [0.2, 0.25) is 0 Å². The van der Waals surface area contributed by atoms with E-state index in [0.717, 1.165) is 16.7 Å². The van der Waals surface area contributed by atoms with Crippen LogP contribution < -0.4 is 5.32 Å². The number of sulfone groups is 1. The van der Waals surface area contributed by atoms with Gasteiger partial charge in [0.25, 0.3) is 5.91 Å². The van der Waals surface area contributed by atoms with Gasteiger partial charge in [-0.15, -0.1) is 11.3 Å². The van der Waals surface area contributed by atoms with Crippen LogP contribution >= 0.6 is 11.3 Å². The summed E-state index contributed by atoms with van der Waals surface area (Å²) in [6.45, 7) is 1.37. The molecule has 0 aliphatic carbocycles. The summed E-state index contributed by atoms with van der Waals surface area (Å²) in [5.74, 6) is -0.699. The first-order chi connectivity index (χ1) is 11.3. The first kappa shape index (κ1) is 18.4. The second-order valence-electron chi connectivity index (χ2n) is 5.53. The number of hydrogen-bond acceptors (Lipinski definition) is 5. The number of hydrogen-bond donors (Lipinski definition) is 1. The highest BCUT2D eigenvalue weighted by Gasteiger charge is 2.25. The van der Waals surface area contributed by atoms with E-state index >= 15 is 0 Å². The summed E-state index contributed by atoms with van der Waals surface area (Å²) in [7, 11) is -3.46. The fraction of sp³-hybridized carbons (Fsp3) is 0.294. The molecule has 0 fully saturated rings. The maximum atomic E-state index is 12.1. The summed E-state index contributed by atoms with van der Waals surface area (Å²) in [5, 5.41) is 3.58. The van der Waals surface area contributed by atoms with Crippen molar-refractivity contribution in [2.45, 2.75) is 18.6 Å². The molecule has 1 heterocycles. The topological polar surface area (TPSA) is 80.3 Å². The molecule has 1 amide bonds. The second kappa shape index (κ2) is 7.72. The Morgan fingerprint density at radius 1 is 1.17 bits per heavy atom. The number of rotatable bonds is 7. The summed E-state index contributed by atoms with van der Waals surface area (Å²) in [6.07, 6.45) is 1.11. The van der Waals surface area contributed by atoms with E-state index in [9.17, 15) is 18.0 Å². The van der Waals surface area contributed by atoms with Gasteiger partial charge in [0.15, 0.2) is 9.84 Å². The van der Waals surface area contributed by atoms with Crippen LogP contribution in [0.25, 0.3) is 10.4 Å². The maximum absolute atomic E-state index is 12.1. The lowest BCUT2D eigenvalue weighted by Gasteiger charge is -2.12. The van der Waals surface area contributed by atoms with Crippen LogP contribution in [0, 0.1) is 0 Å². The monoisotopic (exact) mass is 365 g/mol. The van der Waals surface area contributed by atoms with Crippen molar-refractivity contribution in [2.24, 2.45) is 0 Å². The smallest absolute Gasteiger partial charge is 0.251 e. The van der Waals surface area contributed by atoms with Gasteiger partial charge in [0.1, 0.15) is 11.0 Å². The number of carbonyl (C=O) groups is 2. The predicted octanol–water partition coefficient (Wildman–Crippen LogP) is 2.54. The van der Waals surface area contributed by atoms with Crippen LogP contribution in [-0.2, 0) is 14.6 Å². The molecule has 1 aromatic heterocycles. The molecule has 0 aliphatic rings. The summed E-state index contributed by atoms with van der Waals surface area (Å²) in [6, 6.07) is 11.2. The number of Topliss-reactive ketones (excluding diaryl/α,β-unsaturated/α-hetero) is 1. The van der Waals surface area contributed by atoms with Gasteiger partial charge >= 0.3 is 0 Å². The average Bonchev–Trinajstić information content (AvgIpc) is 3.04. The van der Waals surface area contributed by atoms with E-state index < -0.39 is 20.9 Å². The zero-order valence-electron chi connectivity index (χ0n) is 13.5.